The first-order chi connectivity index (χ1) is 6.40. The summed E-state index contributed by atoms with van der Waals surface area (Å²) < 4.78 is 0. The smallest absolute Gasteiger partial charge is 0.0656 e. The molecule has 2 unspecified atom stereocenters. The van der Waals surface area contributed by atoms with E-state index in [1.807, 2.05) is 0 Å². The molecule has 1 aliphatic heterocycles. The molecule has 1 aliphatic carbocycles. The summed E-state index contributed by atoms with van der Waals surface area (Å²) in [5, 5.41) is 2.19. The van der Waals surface area contributed by atoms with Crippen molar-refractivity contribution in [2.45, 2.75) is 39.0 Å². The van der Waals surface area contributed by atoms with Gasteiger partial charge in [-0.3, -0.25) is 4.84 Å². The first kappa shape index (κ1) is 9.47. The first-order valence-corrected chi connectivity index (χ1v) is 5.78. The van der Waals surface area contributed by atoms with Gasteiger partial charge in [0.15, 0.2) is 0 Å². The lowest BCUT2D eigenvalue weighted by molar-refractivity contribution is -0.185. The normalized spacial score (nSPS) is 35.8. The van der Waals surface area contributed by atoms with Crippen LogP contribution in [0.15, 0.2) is 0 Å². The maximum Gasteiger partial charge on any atom is 0.0656 e. The molecule has 76 valence electrons. The molecule has 2 aliphatic rings. The van der Waals surface area contributed by atoms with Gasteiger partial charge >= 0.3 is 0 Å². The van der Waals surface area contributed by atoms with Crippen molar-refractivity contribution in [3.8, 4) is 0 Å². The molecule has 2 fully saturated rings. The van der Waals surface area contributed by atoms with E-state index < -0.39 is 0 Å². The third kappa shape index (κ3) is 2.23. The lowest BCUT2D eigenvalue weighted by Gasteiger charge is -2.40. The molecule has 0 bridgehead atoms. The highest BCUT2D eigenvalue weighted by Crippen LogP contribution is 2.35. The van der Waals surface area contributed by atoms with Gasteiger partial charge in [-0.05, 0) is 31.6 Å². The van der Waals surface area contributed by atoms with Gasteiger partial charge in [-0.1, -0.05) is 19.3 Å². The Bertz CT molecular complexity index is 160. The maximum absolute atomic E-state index is 5.57. The van der Waals surface area contributed by atoms with Gasteiger partial charge in [0, 0.05) is 13.1 Å². The molecule has 2 rings (SSSR count). The Morgan fingerprint density at radius 1 is 1.15 bits per heavy atom. The Labute approximate surface area is 81.2 Å². The Balaban J connectivity index is 1.84. The fraction of sp³-hybridized carbons (Fsp3) is 1.00. The Hall–Kier alpha value is -0.0800. The third-order valence-electron chi connectivity index (χ3n) is 3.57. The quantitative estimate of drug-likeness (QED) is 0.652. The molecule has 1 saturated carbocycles. The van der Waals surface area contributed by atoms with E-state index in [0.29, 0.717) is 0 Å². The van der Waals surface area contributed by atoms with Crippen LogP contribution < -0.4 is 0 Å². The number of fused-ring (bicyclic) bond motifs is 1. The van der Waals surface area contributed by atoms with Crippen LogP contribution in [0.3, 0.4) is 0 Å². The molecule has 1 saturated heterocycles. The van der Waals surface area contributed by atoms with Crippen molar-refractivity contribution in [1.82, 2.24) is 5.06 Å². The van der Waals surface area contributed by atoms with E-state index in [1.165, 1.54) is 38.6 Å². The maximum atomic E-state index is 5.57. The van der Waals surface area contributed by atoms with Crippen LogP contribution in [0.25, 0.3) is 0 Å². The predicted molar refractivity (Wildman–Crippen MR) is 53.3 cm³/mol. The van der Waals surface area contributed by atoms with E-state index in [1.54, 1.807) is 0 Å². The van der Waals surface area contributed by atoms with Crippen LogP contribution in [-0.4, -0.2) is 24.8 Å². The Kier molecular flexibility index (Phi) is 3.23. The molecule has 13 heavy (non-hydrogen) atoms. The summed E-state index contributed by atoms with van der Waals surface area (Å²) >= 11 is 0. The molecular weight excluding hydrogens is 162 g/mol. The van der Waals surface area contributed by atoms with Gasteiger partial charge in [0.1, 0.15) is 0 Å². The van der Waals surface area contributed by atoms with Crippen LogP contribution in [0.5, 0.6) is 0 Å². The van der Waals surface area contributed by atoms with Crippen LogP contribution in [0.1, 0.15) is 39.0 Å². The minimum atomic E-state index is 0.831. The Morgan fingerprint density at radius 3 is 2.69 bits per heavy atom. The Morgan fingerprint density at radius 2 is 1.92 bits per heavy atom. The van der Waals surface area contributed by atoms with Crippen molar-refractivity contribution in [2.75, 3.05) is 19.7 Å². The van der Waals surface area contributed by atoms with E-state index in [4.69, 9.17) is 4.84 Å². The molecule has 0 aromatic heterocycles. The van der Waals surface area contributed by atoms with Gasteiger partial charge in [-0.2, -0.15) is 5.06 Å². The number of rotatable bonds is 2. The molecule has 0 aromatic rings. The minimum Gasteiger partial charge on any atom is -0.299 e. The van der Waals surface area contributed by atoms with Gasteiger partial charge < -0.3 is 0 Å². The molecule has 0 N–H and O–H groups in total. The van der Waals surface area contributed by atoms with Crippen molar-refractivity contribution in [2.24, 2.45) is 11.8 Å². The molecule has 0 radical (unpaired) electrons. The lowest BCUT2D eigenvalue weighted by Crippen LogP contribution is -2.41. The summed E-state index contributed by atoms with van der Waals surface area (Å²) in [7, 11) is 0. The van der Waals surface area contributed by atoms with Crippen LogP contribution in [-0.2, 0) is 4.84 Å². The SMILES string of the molecule is CCON1CCC2CCCCC2C1. The fourth-order valence-corrected chi connectivity index (χ4v) is 2.87. The summed E-state index contributed by atoms with van der Waals surface area (Å²) in [6, 6.07) is 0. The highest BCUT2D eigenvalue weighted by atomic mass is 16.7. The summed E-state index contributed by atoms with van der Waals surface area (Å²) in [4.78, 5) is 5.57. The second-order valence-electron chi connectivity index (χ2n) is 4.40. The van der Waals surface area contributed by atoms with Crippen molar-refractivity contribution >= 4 is 0 Å². The van der Waals surface area contributed by atoms with E-state index >= 15 is 0 Å². The zero-order chi connectivity index (χ0) is 9.10. The standard InChI is InChI=1S/C11H21NO/c1-2-13-12-8-7-10-5-3-4-6-11(10)9-12/h10-11H,2-9H2,1H3. The molecule has 2 atom stereocenters. The monoisotopic (exact) mass is 183 g/mol. The van der Waals surface area contributed by atoms with E-state index in [-0.39, 0.29) is 0 Å². The minimum absolute atomic E-state index is 0.831. The third-order valence-corrected chi connectivity index (χ3v) is 3.57. The molecule has 2 nitrogen and oxygen atoms in total. The number of piperidine rings is 1. The summed E-state index contributed by atoms with van der Waals surface area (Å²) in [5.74, 6) is 1.96. The zero-order valence-electron chi connectivity index (χ0n) is 8.67. The second kappa shape index (κ2) is 4.43. The molecule has 0 amide bonds. The van der Waals surface area contributed by atoms with Crippen molar-refractivity contribution in [3.05, 3.63) is 0 Å². The number of hydrogen-bond acceptors (Lipinski definition) is 2. The topological polar surface area (TPSA) is 12.5 Å². The largest absolute Gasteiger partial charge is 0.299 e. The molecular formula is C11H21NO. The van der Waals surface area contributed by atoms with Gasteiger partial charge in [-0.25, -0.2) is 0 Å². The highest BCUT2D eigenvalue weighted by molar-refractivity contribution is 4.81. The van der Waals surface area contributed by atoms with Crippen LogP contribution >= 0.6 is 0 Å². The van der Waals surface area contributed by atoms with Gasteiger partial charge in [0.05, 0.1) is 6.61 Å². The lowest BCUT2D eigenvalue weighted by atomic mass is 9.75. The number of hydrogen-bond donors (Lipinski definition) is 0. The summed E-state index contributed by atoms with van der Waals surface area (Å²) in [6.45, 7) is 5.26. The van der Waals surface area contributed by atoms with Crippen LogP contribution in [0.4, 0.5) is 0 Å². The van der Waals surface area contributed by atoms with Crippen LogP contribution in [0, 0.1) is 11.8 Å². The number of nitrogens with zero attached hydrogens (tertiary/aromatic N) is 1. The number of hydroxylamine groups is 2. The van der Waals surface area contributed by atoms with Gasteiger partial charge in [-0.15, -0.1) is 0 Å². The summed E-state index contributed by atoms with van der Waals surface area (Å²) in [5.41, 5.74) is 0. The first-order valence-electron chi connectivity index (χ1n) is 5.78. The fourth-order valence-electron chi connectivity index (χ4n) is 2.87. The predicted octanol–water partition coefficient (Wildman–Crippen LogP) is 2.45. The zero-order valence-corrected chi connectivity index (χ0v) is 8.67. The van der Waals surface area contributed by atoms with E-state index in [9.17, 15) is 0 Å². The highest BCUT2D eigenvalue weighted by Gasteiger charge is 2.31. The van der Waals surface area contributed by atoms with Crippen molar-refractivity contribution < 1.29 is 4.84 Å². The van der Waals surface area contributed by atoms with Crippen molar-refractivity contribution in [3.63, 3.8) is 0 Å². The van der Waals surface area contributed by atoms with E-state index in [0.717, 1.165) is 25.0 Å². The molecule has 0 spiro atoms. The average Bonchev–Trinajstić information content (AvgIpc) is 2.18. The van der Waals surface area contributed by atoms with E-state index in [2.05, 4.69) is 12.0 Å². The molecule has 1 heterocycles. The second-order valence-corrected chi connectivity index (χ2v) is 4.40. The van der Waals surface area contributed by atoms with Crippen LogP contribution in [0.2, 0.25) is 0 Å². The summed E-state index contributed by atoms with van der Waals surface area (Å²) in [6.07, 6.45) is 7.19. The van der Waals surface area contributed by atoms with Gasteiger partial charge in [0.2, 0.25) is 0 Å². The molecule has 2 heteroatoms. The van der Waals surface area contributed by atoms with Gasteiger partial charge in [0.25, 0.3) is 0 Å². The molecule has 0 aromatic carbocycles. The van der Waals surface area contributed by atoms with Crippen molar-refractivity contribution in [1.29, 1.82) is 0 Å². The average molecular weight is 183 g/mol.